The molecule has 0 saturated carbocycles. The lowest BCUT2D eigenvalue weighted by Crippen LogP contribution is -2.38. The number of alkyl halides is 2. The van der Waals surface area contributed by atoms with Gasteiger partial charge in [-0.3, -0.25) is 0 Å². The highest BCUT2D eigenvalue weighted by atomic mass is 79.9. The molecule has 1 aromatic rings. The third-order valence-electron chi connectivity index (χ3n) is 3.02. The molecular weight excluding hydrogens is 363 g/mol. The highest BCUT2D eigenvalue weighted by molar-refractivity contribution is 9.10. The Balaban J connectivity index is 2.44. The molecule has 0 spiro atoms. The van der Waals surface area contributed by atoms with Crippen molar-refractivity contribution in [2.75, 3.05) is 13.2 Å². The fraction of sp³-hybridized carbons (Fsp3) is 0.455. The molecule has 2 rings (SSSR count). The van der Waals surface area contributed by atoms with Gasteiger partial charge >= 0.3 is 0 Å². The fourth-order valence-corrected chi connectivity index (χ4v) is 4.14. The number of aliphatic hydroxyl groups is 1. The van der Waals surface area contributed by atoms with E-state index in [-0.39, 0.29) is 0 Å². The SMILES string of the molecule is O=S(=O)(c1ccc(Br)cc1F)N1CC(F)(F)C[C@H]1CO. The lowest BCUT2D eigenvalue weighted by Gasteiger charge is -2.22. The van der Waals surface area contributed by atoms with Crippen LogP contribution in [0.15, 0.2) is 27.6 Å². The Morgan fingerprint density at radius 2 is 2.10 bits per heavy atom. The maximum atomic E-state index is 13.7. The second-order valence-electron chi connectivity index (χ2n) is 4.52. The van der Waals surface area contributed by atoms with Gasteiger partial charge in [0.25, 0.3) is 5.92 Å². The average molecular weight is 374 g/mol. The summed E-state index contributed by atoms with van der Waals surface area (Å²) in [5, 5.41) is 9.05. The van der Waals surface area contributed by atoms with Crippen molar-refractivity contribution in [2.24, 2.45) is 0 Å². The van der Waals surface area contributed by atoms with Crippen molar-refractivity contribution < 1.29 is 26.7 Å². The summed E-state index contributed by atoms with van der Waals surface area (Å²) >= 11 is 2.98. The van der Waals surface area contributed by atoms with Gasteiger partial charge in [0.05, 0.1) is 19.2 Å². The summed E-state index contributed by atoms with van der Waals surface area (Å²) in [6.45, 7) is -1.80. The first-order valence-corrected chi connectivity index (χ1v) is 7.86. The molecule has 9 heteroatoms. The van der Waals surface area contributed by atoms with Gasteiger partial charge in [0.2, 0.25) is 10.0 Å². The largest absolute Gasteiger partial charge is 0.395 e. The van der Waals surface area contributed by atoms with Crippen molar-refractivity contribution in [2.45, 2.75) is 23.3 Å². The maximum absolute atomic E-state index is 13.7. The van der Waals surface area contributed by atoms with Gasteiger partial charge in [-0.25, -0.2) is 21.6 Å². The van der Waals surface area contributed by atoms with Gasteiger partial charge in [-0.15, -0.1) is 0 Å². The summed E-state index contributed by atoms with van der Waals surface area (Å²) in [4.78, 5) is -0.683. The molecule has 1 aliphatic heterocycles. The van der Waals surface area contributed by atoms with Gasteiger partial charge in [-0.1, -0.05) is 15.9 Å². The molecule has 1 heterocycles. The van der Waals surface area contributed by atoms with Crippen LogP contribution in [0.5, 0.6) is 0 Å². The molecule has 1 saturated heterocycles. The Hall–Kier alpha value is -0.640. The van der Waals surface area contributed by atoms with E-state index in [0.29, 0.717) is 8.78 Å². The molecule has 4 nitrogen and oxygen atoms in total. The monoisotopic (exact) mass is 373 g/mol. The smallest absolute Gasteiger partial charge is 0.263 e. The highest BCUT2D eigenvalue weighted by Crippen LogP contribution is 2.36. The van der Waals surface area contributed by atoms with Crippen LogP contribution < -0.4 is 0 Å². The van der Waals surface area contributed by atoms with Crippen molar-refractivity contribution in [1.82, 2.24) is 4.31 Å². The second-order valence-corrected chi connectivity index (χ2v) is 7.30. The van der Waals surface area contributed by atoms with E-state index >= 15 is 0 Å². The van der Waals surface area contributed by atoms with Crippen molar-refractivity contribution in [3.8, 4) is 0 Å². The summed E-state index contributed by atoms with van der Waals surface area (Å²) in [5.41, 5.74) is 0. The molecule has 0 amide bonds. The minimum Gasteiger partial charge on any atom is -0.395 e. The van der Waals surface area contributed by atoms with Gasteiger partial charge in [0.15, 0.2) is 0 Å². The summed E-state index contributed by atoms with van der Waals surface area (Å²) in [6.07, 6.45) is -0.777. The van der Waals surface area contributed by atoms with Crippen LogP contribution in [0.3, 0.4) is 0 Å². The van der Waals surface area contributed by atoms with Crippen LogP contribution in [0.2, 0.25) is 0 Å². The van der Waals surface area contributed by atoms with Crippen molar-refractivity contribution in [1.29, 1.82) is 0 Å². The highest BCUT2D eigenvalue weighted by Gasteiger charge is 2.50. The Bertz CT molecular complexity index is 623. The van der Waals surface area contributed by atoms with Crippen molar-refractivity contribution in [3.05, 3.63) is 28.5 Å². The molecule has 1 N–H and O–H groups in total. The molecule has 0 aliphatic carbocycles. The van der Waals surface area contributed by atoms with Crippen LogP contribution in [0.25, 0.3) is 0 Å². The summed E-state index contributed by atoms with van der Waals surface area (Å²) in [6, 6.07) is 1.99. The molecule has 112 valence electrons. The van der Waals surface area contributed by atoms with Gasteiger partial charge in [0.1, 0.15) is 10.7 Å². The van der Waals surface area contributed by atoms with E-state index in [1.165, 1.54) is 6.07 Å². The van der Waals surface area contributed by atoms with Gasteiger partial charge in [-0.05, 0) is 18.2 Å². The van der Waals surface area contributed by atoms with Crippen LogP contribution in [-0.4, -0.2) is 42.9 Å². The van der Waals surface area contributed by atoms with E-state index in [4.69, 9.17) is 5.11 Å². The third kappa shape index (κ3) is 2.85. The molecule has 0 radical (unpaired) electrons. The third-order valence-corrected chi connectivity index (χ3v) is 5.44. The van der Waals surface area contributed by atoms with E-state index in [9.17, 15) is 21.6 Å². The quantitative estimate of drug-likeness (QED) is 0.881. The predicted octanol–water partition coefficient (Wildman–Crippen LogP) is 1.98. The Labute approximate surface area is 122 Å². The minimum atomic E-state index is -4.42. The molecular formula is C11H11BrF3NO3S. The average Bonchev–Trinajstić information content (AvgIpc) is 2.65. The normalized spacial score (nSPS) is 23.1. The number of benzene rings is 1. The van der Waals surface area contributed by atoms with Crippen molar-refractivity contribution >= 4 is 26.0 Å². The van der Waals surface area contributed by atoms with Crippen LogP contribution in [0, 0.1) is 5.82 Å². The summed E-state index contributed by atoms with van der Waals surface area (Å²) in [7, 11) is -4.42. The first kappa shape index (κ1) is 15.7. The first-order valence-electron chi connectivity index (χ1n) is 5.63. The lowest BCUT2D eigenvalue weighted by molar-refractivity contribution is 0.0161. The van der Waals surface area contributed by atoms with Crippen LogP contribution in [0.1, 0.15) is 6.42 Å². The zero-order valence-corrected chi connectivity index (χ0v) is 12.5. The number of sulfonamides is 1. The molecule has 1 aliphatic rings. The molecule has 20 heavy (non-hydrogen) atoms. The number of halogens is 4. The van der Waals surface area contributed by atoms with E-state index in [2.05, 4.69) is 15.9 Å². The first-order chi connectivity index (χ1) is 9.17. The van der Waals surface area contributed by atoms with Gasteiger partial charge < -0.3 is 5.11 Å². The van der Waals surface area contributed by atoms with Crippen molar-refractivity contribution in [3.63, 3.8) is 0 Å². The van der Waals surface area contributed by atoms with Gasteiger partial charge in [0, 0.05) is 10.9 Å². The fourth-order valence-electron chi connectivity index (χ4n) is 2.12. The number of aliphatic hydroxyl groups excluding tert-OH is 1. The summed E-state index contributed by atoms with van der Waals surface area (Å²) < 4.78 is 65.7. The molecule has 0 aromatic heterocycles. The van der Waals surface area contributed by atoms with Gasteiger partial charge in [-0.2, -0.15) is 4.31 Å². The van der Waals surface area contributed by atoms with E-state index in [1.54, 1.807) is 0 Å². The molecule has 1 aromatic carbocycles. The zero-order valence-electron chi connectivity index (χ0n) is 10.1. The Morgan fingerprint density at radius 3 is 2.65 bits per heavy atom. The summed E-state index contributed by atoms with van der Waals surface area (Å²) in [5.74, 6) is -4.27. The maximum Gasteiger partial charge on any atom is 0.263 e. The Kier molecular flexibility index (Phi) is 4.16. The minimum absolute atomic E-state index is 0.333. The Morgan fingerprint density at radius 1 is 1.45 bits per heavy atom. The molecule has 0 unspecified atom stereocenters. The van der Waals surface area contributed by atoms with Crippen LogP contribution >= 0.6 is 15.9 Å². The number of rotatable bonds is 3. The zero-order chi connectivity index (χ0) is 15.1. The second kappa shape index (κ2) is 5.28. The molecule has 0 bridgehead atoms. The predicted molar refractivity (Wildman–Crippen MR) is 68.4 cm³/mol. The number of nitrogens with zero attached hydrogens (tertiary/aromatic N) is 1. The number of hydrogen-bond donors (Lipinski definition) is 1. The standard InChI is InChI=1S/C11H11BrF3NO3S/c12-7-1-2-10(9(13)3-7)20(18,19)16-6-11(14,15)4-8(16)5-17/h1-3,8,17H,4-6H2/t8-/m0/s1. The topological polar surface area (TPSA) is 57.6 Å². The lowest BCUT2D eigenvalue weighted by atomic mass is 10.2. The van der Waals surface area contributed by atoms with Crippen LogP contribution in [0.4, 0.5) is 13.2 Å². The molecule has 1 atom stereocenters. The van der Waals surface area contributed by atoms with E-state index < -0.39 is 52.3 Å². The van der Waals surface area contributed by atoms with E-state index in [1.807, 2.05) is 0 Å². The van der Waals surface area contributed by atoms with Crippen LogP contribution in [-0.2, 0) is 10.0 Å². The van der Waals surface area contributed by atoms with E-state index in [0.717, 1.165) is 12.1 Å². The number of hydrogen-bond acceptors (Lipinski definition) is 3. The molecule has 1 fully saturated rings.